The molecule has 0 spiro atoms. The first kappa shape index (κ1) is 22.8. The highest BCUT2D eigenvalue weighted by Crippen LogP contribution is 2.37. The van der Waals surface area contributed by atoms with Gasteiger partial charge < -0.3 is 10.6 Å². The van der Waals surface area contributed by atoms with Crippen LogP contribution in [0.2, 0.25) is 0 Å². The van der Waals surface area contributed by atoms with E-state index in [9.17, 15) is 9.59 Å². The van der Waals surface area contributed by atoms with Gasteiger partial charge in [-0.3, -0.25) is 0 Å². The molecule has 0 fully saturated rings. The minimum Gasteiger partial charge on any atom is -0.369 e. The highest BCUT2D eigenvalue weighted by molar-refractivity contribution is 5.81. The van der Waals surface area contributed by atoms with Gasteiger partial charge in [0.1, 0.15) is 6.04 Å². The van der Waals surface area contributed by atoms with Crippen LogP contribution in [0.1, 0.15) is 24.1 Å². The molecule has 0 bridgehead atoms. The third-order valence-electron chi connectivity index (χ3n) is 7.22. The van der Waals surface area contributed by atoms with E-state index in [2.05, 4.69) is 29.2 Å². The summed E-state index contributed by atoms with van der Waals surface area (Å²) in [5, 5.41) is 0. The Morgan fingerprint density at radius 2 is 1.43 bits per heavy atom. The average molecular weight is 493 g/mol. The number of fused-ring (bicyclic) bond motifs is 3. The second kappa shape index (κ2) is 9.13. The lowest BCUT2D eigenvalue weighted by Gasteiger charge is -2.44. The largest absolute Gasteiger partial charge is 0.369 e. The van der Waals surface area contributed by atoms with Crippen molar-refractivity contribution < 1.29 is 0 Å². The van der Waals surface area contributed by atoms with Gasteiger partial charge in [0.15, 0.2) is 5.96 Å². The van der Waals surface area contributed by atoms with Crippen molar-refractivity contribution in [2.45, 2.75) is 38.5 Å². The molecule has 0 radical (unpaired) electrons. The molecular formula is C29H28N6O2. The zero-order valence-electron chi connectivity index (χ0n) is 20.6. The van der Waals surface area contributed by atoms with Gasteiger partial charge in [-0.25, -0.2) is 28.5 Å². The summed E-state index contributed by atoms with van der Waals surface area (Å²) in [5.41, 5.74) is 10.3. The summed E-state index contributed by atoms with van der Waals surface area (Å²) in [7, 11) is 0. The average Bonchev–Trinajstić information content (AvgIpc) is 3.17. The first-order valence-electron chi connectivity index (χ1n) is 12.4. The van der Waals surface area contributed by atoms with Crippen molar-refractivity contribution >= 4 is 5.96 Å². The van der Waals surface area contributed by atoms with Gasteiger partial charge >= 0.3 is 11.4 Å². The minimum atomic E-state index is -0.477. The highest BCUT2D eigenvalue weighted by Gasteiger charge is 2.43. The van der Waals surface area contributed by atoms with Crippen LogP contribution in [-0.2, 0) is 19.5 Å². The molecule has 4 aromatic rings. The summed E-state index contributed by atoms with van der Waals surface area (Å²) in [5.74, 6) is 0.418. The minimum absolute atomic E-state index is 0.236. The van der Waals surface area contributed by atoms with Crippen LogP contribution in [-0.4, -0.2) is 30.8 Å². The predicted octanol–water partition coefficient (Wildman–Crippen LogP) is 3.07. The molecule has 1 aromatic heterocycles. The molecule has 3 aromatic carbocycles. The summed E-state index contributed by atoms with van der Waals surface area (Å²) in [6, 6.07) is 28.6. The van der Waals surface area contributed by atoms with E-state index in [1.165, 1.54) is 4.57 Å². The zero-order chi connectivity index (χ0) is 25.5. The molecule has 3 heterocycles. The van der Waals surface area contributed by atoms with Crippen molar-refractivity contribution in [2.24, 2.45) is 10.7 Å². The number of hydrogen-bond acceptors (Lipinski definition) is 5. The summed E-state index contributed by atoms with van der Waals surface area (Å²) in [6.45, 7) is 2.79. The van der Waals surface area contributed by atoms with E-state index in [0.29, 0.717) is 24.6 Å². The highest BCUT2D eigenvalue weighted by atomic mass is 16.2. The van der Waals surface area contributed by atoms with E-state index >= 15 is 0 Å². The van der Waals surface area contributed by atoms with Crippen LogP contribution in [0.15, 0.2) is 117 Å². The van der Waals surface area contributed by atoms with Crippen molar-refractivity contribution in [3.63, 3.8) is 0 Å². The van der Waals surface area contributed by atoms with Gasteiger partial charge in [0.2, 0.25) is 0 Å². The van der Waals surface area contributed by atoms with Crippen LogP contribution in [0.4, 0.5) is 0 Å². The summed E-state index contributed by atoms with van der Waals surface area (Å²) >= 11 is 0. The monoisotopic (exact) mass is 492 g/mol. The topological polar surface area (TPSA) is 90.6 Å². The second-order valence-electron chi connectivity index (χ2n) is 9.59. The molecule has 2 atom stereocenters. The fourth-order valence-corrected chi connectivity index (χ4v) is 5.47. The number of aliphatic imine (C=N–C) groups is 1. The Kier molecular flexibility index (Phi) is 5.64. The van der Waals surface area contributed by atoms with Crippen LogP contribution < -0.4 is 17.1 Å². The van der Waals surface area contributed by atoms with Crippen molar-refractivity contribution in [3.8, 4) is 5.69 Å². The lowest BCUT2D eigenvalue weighted by molar-refractivity contribution is 0.186. The Bertz CT molecular complexity index is 1610. The maximum Gasteiger partial charge on any atom is 0.352 e. The second-order valence-corrected chi connectivity index (χ2v) is 9.59. The summed E-state index contributed by atoms with van der Waals surface area (Å²) in [6.07, 6.45) is 0.627. The predicted molar refractivity (Wildman–Crippen MR) is 144 cm³/mol. The molecule has 0 saturated heterocycles. The van der Waals surface area contributed by atoms with Gasteiger partial charge in [-0.05, 0) is 42.2 Å². The molecule has 8 nitrogen and oxygen atoms in total. The summed E-state index contributed by atoms with van der Waals surface area (Å²) in [4.78, 5) is 34.4. The molecule has 8 heteroatoms. The Hall–Kier alpha value is -4.59. The molecule has 186 valence electrons. The smallest absolute Gasteiger partial charge is 0.352 e. The molecular weight excluding hydrogens is 464 g/mol. The number of guanidine groups is 1. The van der Waals surface area contributed by atoms with Crippen molar-refractivity contribution in [1.29, 1.82) is 0 Å². The number of hydrogen-bond donors (Lipinski definition) is 1. The first-order chi connectivity index (χ1) is 18.0. The third kappa shape index (κ3) is 3.91. The zero-order valence-corrected chi connectivity index (χ0v) is 20.6. The van der Waals surface area contributed by atoms with Crippen LogP contribution >= 0.6 is 0 Å². The van der Waals surface area contributed by atoms with E-state index in [0.717, 1.165) is 22.4 Å². The number of nitrogens with zero attached hydrogens (tertiary/aromatic N) is 5. The Morgan fingerprint density at radius 1 is 0.838 bits per heavy atom. The molecule has 2 aliphatic rings. The number of aromatic nitrogens is 3. The van der Waals surface area contributed by atoms with Crippen LogP contribution in [0, 0.1) is 0 Å². The van der Waals surface area contributed by atoms with Gasteiger partial charge in [-0.15, -0.1) is 0 Å². The Labute approximate surface area is 214 Å². The van der Waals surface area contributed by atoms with Gasteiger partial charge in [-0.1, -0.05) is 78.9 Å². The van der Waals surface area contributed by atoms with Gasteiger partial charge in [0, 0.05) is 6.54 Å². The SMILES string of the molecule is CC1=C2N=C(N)N(Cc3ccccc3)C(Cc3ccccc3)C2n2c(=O)n(-c3ccccc3)c(=O)n2C1. The van der Waals surface area contributed by atoms with E-state index in [1.54, 1.807) is 21.5 Å². The van der Waals surface area contributed by atoms with Crippen molar-refractivity contribution in [3.05, 3.63) is 134 Å². The number of rotatable bonds is 5. The lowest BCUT2D eigenvalue weighted by Crippen LogP contribution is -2.56. The molecule has 37 heavy (non-hydrogen) atoms. The quantitative estimate of drug-likeness (QED) is 0.464. The van der Waals surface area contributed by atoms with Crippen LogP contribution in [0.3, 0.4) is 0 Å². The van der Waals surface area contributed by atoms with Gasteiger partial charge in [0.05, 0.1) is 24.0 Å². The van der Waals surface area contributed by atoms with Crippen molar-refractivity contribution in [1.82, 2.24) is 18.8 Å². The van der Waals surface area contributed by atoms with Gasteiger partial charge in [-0.2, -0.15) is 0 Å². The third-order valence-corrected chi connectivity index (χ3v) is 7.22. The number of benzene rings is 3. The molecule has 2 unspecified atom stereocenters. The van der Waals surface area contributed by atoms with Crippen molar-refractivity contribution in [2.75, 3.05) is 0 Å². The molecule has 2 N–H and O–H groups in total. The maximum absolute atomic E-state index is 13.9. The lowest BCUT2D eigenvalue weighted by atomic mass is 9.91. The maximum atomic E-state index is 13.9. The standard InChI is InChI=1S/C29H28N6O2/c1-20-18-33-28(36)34(23-15-9-4-10-16-23)29(37)35(33)26-24(17-21-11-5-2-6-12-21)32(27(30)31-25(20)26)19-22-13-7-3-8-14-22/h2-16,24,26H,17-19H2,1H3,(H2,30,31). The van der Waals surface area contributed by atoms with E-state index in [4.69, 9.17) is 10.7 Å². The number of allylic oxidation sites excluding steroid dienone is 1. The van der Waals surface area contributed by atoms with Crippen LogP contribution in [0.25, 0.3) is 5.69 Å². The normalized spacial score (nSPS) is 18.8. The van der Waals surface area contributed by atoms with E-state index < -0.39 is 6.04 Å². The Balaban J connectivity index is 1.55. The van der Waals surface area contributed by atoms with Gasteiger partial charge in [0.25, 0.3) is 0 Å². The molecule has 0 amide bonds. The first-order valence-corrected chi connectivity index (χ1v) is 12.4. The fraction of sp³-hybridized carbons (Fsp3) is 0.207. The van der Waals surface area contributed by atoms with E-state index in [1.807, 2.05) is 61.5 Å². The molecule has 0 saturated carbocycles. The number of para-hydroxylation sites is 1. The van der Waals surface area contributed by atoms with Crippen LogP contribution in [0.5, 0.6) is 0 Å². The number of nitrogens with two attached hydrogens (primary N) is 1. The molecule has 2 aliphatic heterocycles. The molecule has 6 rings (SSSR count). The summed E-state index contributed by atoms with van der Waals surface area (Å²) < 4.78 is 4.40. The van der Waals surface area contributed by atoms with E-state index in [-0.39, 0.29) is 24.0 Å². The fourth-order valence-electron chi connectivity index (χ4n) is 5.47. The molecule has 0 aliphatic carbocycles. The Morgan fingerprint density at radius 3 is 2.08 bits per heavy atom.